The predicted octanol–water partition coefficient (Wildman–Crippen LogP) is 3.51. The van der Waals surface area contributed by atoms with Gasteiger partial charge in [0.15, 0.2) is 0 Å². The average Bonchev–Trinajstić information content (AvgIpc) is 2.55. The van der Waals surface area contributed by atoms with Crippen LogP contribution in [-0.2, 0) is 11.2 Å². The summed E-state index contributed by atoms with van der Waals surface area (Å²) in [5.41, 5.74) is 2.01. The number of carbonyl (C=O) groups is 1. The summed E-state index contributed by atoms with van der Waals surface area (Å²) in [6, 6.07) is 15.3. The Kier molecular flexibility index (Phi) is 6.76. The van der Waals surface area contributed by atoms with Crippen molar-refractivity contribution in [2.75, 3.05) is 25.5 Å². The molecule has 2 aromatic carbocycles. The van der Waals surface area contributed by atoms with Crippen molar-refractivity contribution in [3.8, 4) is 5.75 Å². The van der Waals surface area contributed by atoms with Crippen LogP contribution in [0.4, 0.5) is 5.69 Å². The molecule has 5 heteroatoms. The zero-order valence-electron chi connectivity index (χ0n) is 13.1. The van der Waals surface area contributed by atoms with E-state index in [1.165, 1.54) is 0 Å². The summed E-state index contributed by atoms with van der Waals surface area (Å²) < 4.78 is 5.25. The van der Waals surface area contributed by atoms with Crippen molar-refractivity contribution in [3.05, 3.63) is 59.1 Å². The second-order valence-electron chi connectivity index (χ2n) is 5.11. The molecule has 0 aromatic heterocycles. The number of hydrogen-bond donors (Lipinski definition) is 2. The Morgan fingerprint density at radius 3 is 2.74 bits per heavy atom. The Morgan fingerprint density at radius 1 is 1.13 bits per heavy atom. The van der Waals surface area contributed by atoms with Gasteiger partial charge in [0, 0.05) is 24.5 Å². The van der Waals surface area contributed by atoms with Crippen LogP contribution in [0.3, 0.4) is 0 Å². The molecule has 0 atom stereocenters. The Labute approximate surface area is 141 Å². The number of carbonyl (C=O) groups excluding carboxylic acids is 1. The summed E-state index contributed by atoms with van der Waals surface area (Å²) in [5, 5.41) is 6.84. The number of amides is 1. The van der Waals surface area contributed by atoms with E-state index in [9.17, 15) is 4.79 Å². The van der Waals surface area contributed by atoms with E-state index in [0.29, 0.717) is 19.5 Å². The predicted molar refractivity (Wildman–Crippen MR) is 94.3 cm³/mol. The quantitative estimate of drug-likeness (QED) is 0.777. The molecule has 0 bridgehead atoms. The zero-order valence-corrected chi connectivity index (χ0v) is 13.9. The molecule has 0 aliphatic carbocycles. The number of anilines is 1. The largest absolute Gasteiger partial charge is 0.495 e. The molecule has 0 aliphatic rings. The minimum atomic E-state index is 0.0226. The van der Waals surface area contributed by atoms with Gasteiger partial charge in [-0.1, -0.05) is 35.9 Å². The van der Waals surface area contributed by atoms with E-state index in [1.54, 1.807) is 7.11 Å². The number of methoxy groups -OCH3 is 1. The highest BCUT2D eigenvalue weighted by Gasteiger charge is 2.04. The molecule has 122 valence electrons. The van der Waals surface area contributed by atoms with Crippen LogP contribution in [0.2, 0.25) is 5.02 Å². The lowest BCUT2D eigenvalue weighted by Crippen LogP contribution is -2.27. The van der Waals surface area contributed by atoms with Crippen LogP contribution in [0.1, 0.15) is 12.0 Å². The van der Waals surface area contributed by atoms with Gasteiger partial charge in [-0.25, -0.2) is 0 Å². The highest BCUT2D eigenvalue weighted by Crippen LogP contribution is 2.22. The molecule has 0 fully saturated rings. The van der Waals surface area contributed by atoms with Crippen molar-refractivity contribution in [2.45, 2.75) is 12.8 Å². The van der Waals surface area contributed by atoms with Gasteiger partial charge in [0.05, 0.1) is 12.8 Å². The van der Waals surface area contributed by atoms with E-state index >= 15 is 0 Å². The topological polar surface area (TPSA) is 50.4 Å². The van der Waals surface area contributed by atoms with Crippen LogP contribution < -0.4 is 15.4 Å². The molecule has 0 saturated carbocycles. The molecule has 23 heavy (non-hydrogen) atoms. The van der Waals surface area contributed by atoms with Crippen molar-refractivity contribution in [1.82, 2.24) is 5.32 Å². The summed E-state index contributed by atoms with van der Waals surface area (Å²) in [7, 11) is 1.63. The van der Waals surface area contributed by atoms with Crippen molar-refractivity contribution in [1.29, 1.82) is 0 Å². The number of halogens is 1. The molecule has 0 aliphatic heterocycles. The Morgan fingerprint density at radius 2 is 1.96 bits per heavy atom. The lowest BCUT2D eigenvalue weighted by atomic mass is 10.1. The fraction of sp³-hybridized carbons (Fsp3) is 0.278. The number of hydrogen-bond acceptors (Lipinski definition) is 3. The van der Waals surface area contributed by atoms with Crippen LogP contribution in [-0.4, -0.2) is 26.1 Å². The Hall–Kier alpha value is -2.20. The first-order valence-corrected chi connectivity index (χ1v) is 7.95. The van der Waals surface area contributed by atoms with Crippen LogP contribution in [0.15, 0.2) is 48.5 Å². The van der Waals surface area contributed by atoms with Gasteiger partial charge in [-0.15, -0.1) is 0 Å². The van der Waals surface area contributed by atoms with Crippen LogP contribution in [0.25, 0.3) is 0 Å². The molecule has 2 aromatic rings. The molecular weight excluding hydrogens is 312 g/mol. The van der Waals surface area contributed by atoms with E-state index in [1.807, 2.05) is 48.5 Å². The molecule has 1 amide bonds. The maximum Gasteiger partial charge on any atom is 0.221 e. The SMILES string of the molecule is COc1ccccc1NCCC(=O)NCCc1cccc(Cl)c1. The van der Waals surface area contributed by atoms with Gasteiger partial charge in [-0.2, -0.15) is 0 Å². The summed E-state index contributed by atoms with van der Waals surface area (Å²) in [4.78, 5) is 11.8. The lowest BCUT2D eigenvalue weighted by molar-refractivity contribution is -0.120. The summed E-state index contributed by atoms with van der Waals surface area (Å²) >= 11 is 5.93. The van der Waals surface area contributed by atoms with Crippen molar-refractivity contribution >= 4 is 23.2 Å². The zero-order chi connectivity index (χ0) is 16.5. The van der Waals surface area contributed by atoms with Crippen LogP contribution in [0.5, 0.6) is 5.75 Å². The van der Waals surface area contributed by atoms with E-state index in [-0.39, 0.29) is 5.91 Å². The maximum absolute atomic E-state index is 11.8. The number of nitrogens with one attached hydrogen (secondary N) is 2. The Balaban J connectivity index is 1.67. The molecular formula is C18H21ClN2O2. The third-order valence-corrected chi connectivity index (χ3v) is 3.63. The van der Waals surface area contributed by atoms with Gasteiger partial charge in [0.1, 0.15) is 5.75 Å². The summed E-state index contributed by atoms with van der Waals surface area (Å²) in [6.45, 7) is 1.16. The highest BCUT2D eigenvalue weighted by molar-refractivity contribution is 6.30. The molecule has 0 saturated heterocycles. The van der Waals surface area contributed by atoms with Gasteiger partial charge in [-0.3, -0.25) is 4.79 Å². The molecule has 4 nitrogen and oxygen atoms in total. The van der Waals surface area contributed by atoms with E-state index in [2.05, 4.69) is 10.6 Å². The third-order valence-electron chi connectivity index (χ3n) is 3.40. The highest BCUT2D eigenvalue weighted by atomic mass is 35.5. The van der Waals surface area contributed by atoms with E-state index in [4.69, 9.17) is 16.3 Å². The lowest BCUT2D eigenvalue weighted by Gasteiger charge is -2.11. The minimum Gasteiger partial charge on any atom is -0.495 e. The Bertz CT molecular complexity index is 646. The summed E-state index contributed by atoms with van der Waals surface area (Å²) in [5.74, 6) is 0.795. The van der Waals surface area contributed by atoms with Crippen LogP contribution >= 0.6 is 11.6 Å². The van der Waals surface area contributed by atoms with E-state index < -0.39 is 0 Å². The smallest absolute Gasteiger partial charge is 0.221 e. The minimum absolute atomic E-state index is 0.0226. The van der Waals surface area contributed by atoms with Gasteiger partial charge < -0.3 is 15.4 Å². The first-order chi connectivity index (χ1) is 11.2. The fourth-order valence-electron chi connectivity index (χ4n) is 2.23. The van der Waals surface area contributed by atoms with Gasteiger partial charge in [0.25, 0.3) is 0 Å². The van der Waals surface area contributed by atoms with Crippen molar-refractivity contribution in [2.24, 2.45) is 0 Å². The molecule has 0 unspecified atom stereocenters. The number of ether oxygens (including phenoxy) is 1. The van der Waals surface area contributed by atoms with Gasteiger partial charge in [0.2, 0.25) is 5.91 Å². The fourth-order valence-corrected chi connectivity index (χ4v) is 2.44. The second kappa shape index (κ2) is 9.06. The van der Waals surface area contributed by atoms with E-state index in [0.717, 1.165) is 28.4 Å². The molecule has 0 spiro atoms. The summed E-state index contributed by atoms with van der Waals surface area (Å²) in [6.07, 6.45) is 1.18. The number of para-hydroxylation sites is 2. The molecule has 0 radical (unpaired) electrons. The number of rotatable bonds is 8. The second-order valence-corrected chi connectivity index (χ2v) is 5.54. The molecule has 2 N–H and O–H groups in total. The molecule has 0 heterocycles. The van der Waals surface area contributed by atoms with Gasteiger partial charge >= 0.3 is 0 Å². The normalized spacial score (nSPS) is 10.2. The first kappa shape index (κ1) is 17.2. The standard InChI is InChI=1S/C18H21ClN2O2/c1-23-17-8-3-2-7-16(17)20-12-10-18(22)21-11-9-14-5-4-6-15(19)13-14/h2-8,13,20H,9-12H2,1H3,(H,21,22). The van der Waals surface area contributed by atoms with Crippen molar-refractivity contribution < 1.29 is 9.53 Å². The number of benzene rings is 2. The molecule has 2 rings (SSSR count). The maximum atomic E-state index is 11.8. The van der Waals surface area contributed by atoms with Crippen LogP contribution in [0, 0.1) is 0 Å². The monoisotopic (exact) mass is 332 g/mol. The first-order valence-electron chi connectivity index (χ1n) is 7.57. The average molecular weight is 333 g/mol. The van der Waals surface area contributed by atoms with Crippen molar-refractivity contribution in [3.63, 3.8) is 0 Å². The van der Waals surface area contributed by atoms with Gasteiger partial charge in [-0.05, 0) is 36.2 Å². The third kappa shape index (κ3) is 5.83.